The summed E-state index contributed by atoms with van der Waals surface area (Å²) < 4.78 is 0. The average molecular weight is 273 g/mol. The van der Waals surface area contributed by atoms with E-state index >= 15 is 0 Å². The number of carbonyl (C=O) groups is 1. The van der Waals surface area contributed by atoms with Crippen LogP contribution in [0.3, 0.4) is 0 Å². The van der Waals surface area contributed by atoms with Crippen LogP contribution in [0.5, 0.6) is 0 Å². The Labute approximate surface area is 120 Å². The molecule has 1 aromatic rings. The summed E-state index contributed by atoms with van der Waals surface area (Å²) in [6, 6.07) is 5.32. The first-order chi connectivity index (χ1) is 9.78. The highest BCUT2D eigenvalue weighted by molar-refractivity contribution is 5.94. The molecule has 0 aromatic carbocycles. The van der Waals surface area contributed by atoms with Crippen molar-refractivity contribution in [3.8, 4) is 0 Å². The minimum atomic E-state index is 0.145. The van der Waals surface area contributed by atoms with Crippen LogP contribution in [0.4, 0.5) is 0 Å². The highest BCUT2D eigenvalue weighted by Gasteiger charge is 2.37. The van der Waals surface area contributed by atoms with Crippen molar-refractivity contribution < 1.29 is 4.79 Å². The maximum Gasteiger partial charge on any atom is 0.255 e. The molecule has 2 fully saturated rings. The second-order valence-electron chi connectivity index (χ2n) is 6.00. The van der Waals surface area contributed by atoms with Gasteiger partial charge < -0.3 is 10.2 Å². The number of nitrogens with one attached hydrogen (secondary N) is 1. The molecule has 0 saturated carbocycles. The lowest BCUT2D eigenvalue weighted by Gasteiger charge is -2.37. The Balaban J connectivity index is 1.77. The van der Waals surface area contributed by atoms with Crippen molar-refractivity contribution in [2.75, 3.05) is 6.54 Å². The molecule has 2 aliphatic rings. The van der Waals surface area contributed by atoms with Crippen LogP contribution in [0.25, 0.3) is 0 Å². The summed E-state index contributed by atoms with van der Waals surface area (Å²) in [6.45, 7) is 2.98. The minimum absolute atomic E-state index is 0.145. The van der Waals surface area contributed by atoms with Gasteiger partial charge in [-0.3, -0.25) is 9.78 Å². The smallest absolute Gasteiger partial charge is 0.255 e. The number of nitrogens with zero attached hydrogens (tertiary/aromatic N) is 2. The molecular weight excluding hydrogens is 250 g/mol. The number of amides is 1. The zero-order valence-electron chi connectivity index (χ0n) is 12.1. The predicted molar refractivity (Wildman–Crippen MR) is 78.5 cm³/mol. The van der Waals surface area contributed by atoms with E-state index in [1.54, 1.807) is 12.4 Å². The number of hydrogen-bond acceptors (Lipinski definition) is 3. The molecule has 20 heavy (non-hydrogen) atoms. The van der Waals surface area contributed by atoms with E-state index in [0.717, 1.165) is 25.8 Å². The highest BCUT2D eigenvalue weighted by Crippen LogP contribution is 2.30. The Morgan fingerprint density at radius 3 is 2.75 bits per heavy atom. The van der Waals surface area contributed by atoms with Gasteiger partial charge in [0, 0.05) is 37.1 Å². The van der Waals surface area contributed by atoms with Crippen molar-refractivity contribution in [3.05, 3.63) is 30.1 Å². The third-order valence-corrected chi connectivity index (χ3v) is 4.52. The van der Waals surface area contributed by atoms with Crippen LogP contribution in [0.2, 0.25) is 0 Å². The van der Waals surface area contributed by atoms with Gasteiger partial charge >= 0.3 is 0 Å². The lowest BCUT2D eigenvalue weighted by atomic mass is 9.97. The van der Waals surface area contributed by atoms with Crippen LogP contribution < -0.4 is 5.32 Å². The van der Waals surface area contributed by atoms with Crippen molar-refractivity contribution in [2.24, 2.45) is 0 Å². The molecule has 3 rings (SSSR count). The summed E-state index contributed by atoms with van der Waals surface area (Å²) in [6.07, 6.45) is 9.13. The second-order valence-corrected chi connectivity index (χ2v) is 6.00. The number of hydrogen-bond donors (Lipinski definition) is 1. The van der Waals surface area contributed by atoms with Crippen molar-refractivity contribution in [1.29, 1.82) is 0 Å². The van der Waals surface area contributed by atoms with Gasteiger partial charge in [-0.1, -0.05) is 6.92 Å². The van der Waals surface area contributed by atoms with E-state index in [0.29, 0.717) is 23.7 Å². The standard InChI is InChI=1S/C16H23N3O/c1-2-8-19(16(20)12-4-3-7-17-11-12)15-9-13-5-6-14(10-15)18-13/h3-4,7,11,13-15,18H,2,5-6,8-10H2,1H3. The zero-order chi connectivity index (χ0) is 13.9. The number of fused-ring (bicyclic) bond motifs is 2. The van der Waals surface area contributed by atoms with Crippen LogP contribution in [0, 0.1) is 0 Å². The fraction of sp³-hybridized carbons (Fsp3) is 0.625. The van der Waals surface area contributed by atoms with Crippen LogP contribution in [0.15, 0.2) is 24.5 Å². The monoisotopic (exact) mass is 273 g/mol. The van der Waals surface area contributed by atoms with Crippen LogP contribution in [-0.2, 0) is 0 Å². The summed E-state index contributed by atoms with van der Waals surface area (Å²) in [5.41, 5.74) is 0.715. The van der Waals surface area contributed by atoms with Gasteiger partial charge in [0.1, 0.15) is 0 Å². The number of rotatable bonds is 4. The van der Waals surface area contributed by atoms with E-state index in [1.165, 1.54) is 12.8 Å². The molecule has 2 atom stereocenters. The predicted octanol–water partition coefficient (Wildman–Crippen LogP) is 2.22. The van der Waals surface area contributed by atoms with Gasteiger partial charge in [-0.05, 0) is 44.2 Å². The molecule has 2 bridgehead atoms. The molecule has 108 valence electrons. The van der Waals surface area contributed by atoms with E-state index in [4.69, 9.17) is 0 Å². The Kier molecular flexibility index (Phi) is 4.01. The molecule has 0 radical (unpaired) electrons. The molecule has 2 saturated heterocycles. The van der Waals surface area contributed by atoms with Gasteiger partial charge in [0.25, 0.3) is 5.91 Å². The Morgan fingerprint density at radius 1 is 1.40 bits per heavy atom. The Morgan fingerprint density at radius 2 is 2.15 bits per heavy atom. The molecule has 4 nitrogen and oxygen atoms in total. The van der Waals surface area contributed by atoms with Gasteiger partial charge in [0.15, 0.2) is 0 Å². The van der Waals surface area contributed by atoms with Crippen LogP contribution >= 0.6 is 0 Å². The molecular formula is C16H23N3O. The number of carbonyl (C=O) groups excluding carboxylic acids is 1. The summed E-state index contributed by atoms with van der Waals surface area (Å²) in [5.74, 6) is 0.145. The third kappa shape index (κ3) is 2.70. The summed E-state index contributed by atoms with van der Waals surface area (Å²) >= 11 is 0. The van der Waals surface area contributed by atoms with Gasteiger partial charge in [0.05, 0.1) is 5.56 Å². The zero-order valence-corrected chi connectivity index (χ0v) is 12.1. The topological polar surface area (TPSA) is 45.2 Å². The highest BCUT2D eigenvalue weighted by atomic mass is 16.2. The van der Waals surface area contributed by atoms with Gasteiger partial charge in [-0.25, -0.2) is 0 Å². The lowest BCUT2D eigenvalue weighted by molar-refractivity contribution is 0.0616. The van der Waals surface area contributed by atoms with Gasteiger partial charge in [-0.15, -0.1) is 0 Å². The Hall–Kier alpha value is -1.42. The molecule has 3 heterocycles. The van der Waals surface area contributed by atoms with Gasteiger partial charge in [0.2, 0.25) is 0 Å². The summed E-state index contributed by atoms with van der Waals surface area (Å²) in [7, 11) is 0. The van der Waals surface area contributed by atoms with Crippen LogP contribution in [-0.4, -0.2) is 40.5 Å². The van der Waals surface area contributed by atoms with E-state index in [2.05, 4.69) is 22.1 Å². The molecule has 0 aliphatic carbocycles. The normalized spacial score (nSPS) is 28.4. The number of pyridine rings is 1. The van der Waals surface area contributed by atoms with Crippen molar-refractivity contribution in [2.45, 2.75) is 57.2 Å². The van der Waals surface area contributed by atoms with E-state index < -0.39 is 0 Å². The molecule has 4 heteroatoms. The number of piperidine rings is 1. The summed E-state index contributed by atoms with van der Waals surface area (Å²) in [4.78, 5) is 18.9. The second kappa shape index (κ2) is 5.92. The van der Waals surface area contributed by atoms with Gasteiger partial charge in [-0.2, -0.15) is 0 Å². The first kappa shape index (κ1) is 13.6. The largest absolute Gasteiger partial charge is 0.336 e. The average Bonchev–Trinajstić information content (AvgIpc) is 2.83. The molecule has 1 amide bonds. The summed E-state index contributed by atoms with van der Waals surface area (Å²) in [5, 5.41) is 3.65. The fourth-order valence-electron chi connectivity index (χ4n) is 3.63. The molecule has 1 N–H and O–H groups in total. The maximum absolute atomic E-state index is 12.7. The molecule has 0 spiro atoms. The first-order valence-corrected chi connectivity index (χ1v) is 7.75. The molecule has 1 aromatic heterocycles. The van der Waals surface area contributed by atoms with Crippen molar-refractivity contribution >= 4 is 5.91 Å². The molecule has 2 unspecified atom stereocenters. The van der Waals surface area contributed by atoms with Crippen molar-refractivity contribution in [3.63, 3.8) is 0 Å². The fourth-order valence-corrected chi connectivity index (χ4v) is 3.63. The lowest BCUT2D eigenvalue weighted by Crippen LogP contribution is -2.50. The maximum atomic E-state index is 12.7. The Bertz CT molecular complexity index is 450. The first-order valence-electron chi connectivity index (χ1n) is 7.75. The van der Waals surface area contributed by atoms with E-state index in [9.17, 15) is 4.79 Å². The van der Waals surface area contributed by atoms with E-state index in [1.807, 2.05) is 12.1 Å². The number of aromatic nitrogens is 1. The molecule has 2 aliphatic heterocycles. The SMILES string of the molecule is CCCN(C(=O)c1cccnc1)C1CC2CCC(C1)N2. The minimum Gasteiger partial charge on any atom is -0.336 e. The quantitative estimate of drug-likeness (QED) is 0.915. The third-order valence-electron chi connectivity index (χ3n) is 4.52. The van der Waals surface area contributed by atoms with Crippen LogP contribution in [0.1, 0.15) is 49.4 Å². The van der Waals surface area contributed by atoms with E-state index in [-0.39, 0.29) is 5.91 Å². The van der Waals surface area contributed by atoms with Crippen molar-refractivity contribution in [1.82, 2.24) is 15.2 Å².